The first kappa shape index (κ1) is 16.4. The van der Waals surface area contributed by atoms with Crippen LogP contribution in [-0.2, 0) is 0 Å². The Hall–Kier alpha value is -2.43. The SMILES string of the molecule is Cc1cc(C=Nc2cccc([N+](=O)[O-])c2)c(C)n1C1CCCCC1. The number of non-ortho nitro benzene ring substituents is 1. The molecule has 0 aliphatic heterocycles. The van der Waals surface area contributed by atoms with E-state index in [9.17, 15) is 10.1 Å². The van der Waals surface area contributed by atoms with Gasteiger partial charge in [-0.3, -0.25) is 15.1 Å². The van der Waals surface area contributed by atoms with Crippen molar-refractivity contribution >= 4 is 17.6 Å². The van der Waals surface area contributed by atoms with Gasteiger partial charge >= 0.3 is 0 Å². The van der Waals surface area contributed by atoms with Crippen molar-refractivity contribution in [3.05, 3.63) is 57.4 Å². The summed E-state index contributed by atoms with van der Waals surface area (Å²) in [6.07, 6.45) is 8.27. The van der Waals surface area contributed by atoms with Gasteiger partial charge < -0.3 is 4.57 Å². The third-order valence-electron chi connectivity index (χ3n) is 4.86. The quantitative estimate of drug-likeness (QED) is 0.437. The molecular weight excluding hydrogens is 302 g/mol. The molecule has 0 unspecified atom stereocenters. The van der Waals surface area contributed by atoms with Crippen molar-refractivity contribution < 1.29 is 4.92 Å². The molecule has 0 bridgehead atoms. The summed E-state index contributed by atoms with van der Waals surface area (Å²) in [6, 6.07) is 9.17. The number of nitrogens with zero attached hydrogens (tertiary/aromatic N) is 3. The summed E-state index contributed by atoms with van der Waals surface area (Å²) in [5.74, 6) is 0. The molecule has 1 saturated carbocycles. The summed E-state index contributed by atoms with van der Waals surface area (Å²) in [5, 5.41) is 10.9. The molecule has 2 aromatic rings. The molecule has 1 aromatic carbocycles. The predicted octanol–water partition coefficient (Wildman–Crippen LogP) is 5.27. The molecule has 3 rings (SSSR count). The number of aromatic nitrogens is 1. The third-order valence-corrected chi connectivity index (χ3v) is 4.86. The van der Waals surface area contributed by atoms with Gasteiger partial charge in [0.1, 0.15) is 0 Å². The molecular formula is C19H23N3O2. The van der Waals surface area contributed by atoms with Crippen molar-refractivity contribution in [1.29, 1.82) is 0 Å². The molecule has 0 N–H and O–H groups in total. The lowest BCUT2D eigenvalue weighted by molar-refractivity contribution is -0.384. The maximum absolute atomic E-state index is 10.9. The number of benzene rings is 1. The Kier molecular flexibility index (Phi) is 4.79. The van der Waals surface area contributed by atoms with Crippen molar-refractivity contribution in [1.82, 2.24) is 4.57 Å². The number of nitro groups is 1. The highest BCUT2D eigenvalue weighted by molar-refractivity contribution is 5.84. The Morgan fingerprint density at radius 3 is 2.67 bits per heavy atom. The predicted molar refractivity (Wildman–Crippen MR) is 96.4 cm³/mol. The van der Waals surface area contributed by atoms with Crippen molar-refractivity contribution in [2.75, 3.05) is 0 Å². The topological polar surface area (TPSA) is 60.4 Å². The van der Waals surface area contributed by atoms with Crippen LogP contribution in [0.25, 0.3) is 0 Å². The van der Waals surface area contributed by atoms with Gasteiger partial charge in [0, 0.05) is 41.3 Å². The van der Waals surface area contributed by atoms with E-state index >= 15 is 0 Å². The van der Waals surface area contributed by atoms with Gasteiger partial charge in [0.25, 0.3) is 5.69 Å². The van der Waals surface area contributed by atoms with Crippen LogP contribution in [0.4, 0.5) is 11.4 Å². The number of aliphatic imine (C=N–C) groups is 1. The van der Waals surface area contributed by atoms with Crippen LogP contribution in [-0.4, -0.2) is 15.7 Å². The van der Waals surface area contributed by atoms with Crippen LogP contribution in [0.1, 0.15) is 55.1 Å². The maximum Gasteiger partial charge on any atom is 0.271 e. The number of aryl methyl sites for hydroxylation is 1. The van der Waals surface area contributed by atoms with Gasteiger partial charge in [0.05, 0.1) is 10.6 Å². The van der Waals surface area contributed by atoms with Crippen molar-refractivity contribution in [3.63, 3.8) is 0 Å². The highest BCUT2D eigenvalue weighted by Crippen LogP contribution is 2.32. The van der Waals surface area contributed by atoms with E-state index in [-0.39, 0.29) is 5.69 Å². The van der Waals surface area contributed by atoms with E-state index in [4.69, 9.17) is 0 Å². The van der Waals surface area contributed by atoms with Crippen LogP contribution in [0.2, 0.25) is 0 Å². The van der Waals surface area contributed by atoms with Gasteiger partial charge in [-0.05, 0) is 38.8 Å². The average molecular weight is 325 g/mol. The molecule has 1 aromatic heterocycles. The highest BCUT2D eigenvalue weighted by atomic mass is 16.6. The van der Waals surface area contributed by atoms with Crippen LogP contribution in [0.5, 0.6) is 0 Å². The number of nitro benzene ring substituents is 1. The van der Waals surface area contributed by atoms with Crippen molar-refractivity contribution in [2.24, 2.45) is 4.99 Å². The molecule has 0 amide bonds. The standard InChI is InChI=1S/C19H23N3O2/c1-14-11-16(15(2)21(14)18-8-4-3-5-9-18)13-20-17-7-6-10-19(12-17)22(23)24/h6-7,10-13,18H,3-5,8-9H2,1-2H3. The third kappa shape index (κ3) is 3.40. The smallest absolute Gasteiger partial charge is 0.271 e. The lowest BCUT2D eigenvalue weighted by atomic mass is 9.95. The number of hydrogen-bond donors (Lipinski definition) is 0. The van der Waals surface area contributed by atoms with Crippen molar-refractivity contribution in [3.8, 4) is 0 Å². The molecule has 1 aliphatic rings. The summed E-state index contributed by atoms with van der Waals surface area (Å²) >= 11 is 0. The molecule has 0 atom stereocenters. The van der Waals surface area contributed by atoms with E-state index in [0.29, 0.717) is 11.7 Å². The van der Waals surface area contributed by atoms with Crippen LogP contribution in [0.15, 0.2) is 35.3 Å². The molecule has 5 heteroatoms. The maximum atomic E-state index is 10.9. The monoisotopic (exact) mass is 325 g/mol. The zero-order chi connectivity index (χ0) is 17.1. The zero-order valence-corrected chi connectivity index (χ0v) is 14.2. The second-order valence-corrected chi connectivity index (χ2v) is 6.52. The first-order valence-electron chi connectivity index (χ1n) is 8.53. The Bertz CT molecular complexity index is 771. The number of rotatable bonds is 4. The molecule has 1 fully saturated rings. The Labute approximate surface area is 142 Å². The molecule has 0 spiro atoms. The van der Waals surface area contributed by atoms with E-state index in [2.05, 4.69) is 29.5 Å². The highest BCUT2D eigenvalue weighted by Gasteiger charge is 2.19. The van der Waals surface area contributed by atoms with E-state index in [1.807, 2.05) is 6.21 Å². The second-order valence-electron chi connectivity index (χ2n) is 6.52. The lowest BCUT2D eigenvalue weighted by Gasteiger charge is -2.26. The fourth-order valence-electron chi connectivity index (χ4n) is 3.67. The lowest BCUT2D eigenvalue weighted by Crippen LogP contribution is -2.15. The van der Waals surface area contributed by atoms with Crippen LogP contribution < -0.4 is 0 Å². The minimum Gasteiger partial charge on any atom is -0.345 e. The fourth-order valence-corrected chi connectivity index (χ4v) is 3.67. The summed E-state index contributed by atoms with van der Waals surface area (Å²) < 4.78 is 2.44. The Morgan fingerprint density at radius 2 is 1.96 bits per heavy atom. The van der Waals surface area contributed by atoms with Gasteiger partial charge in [-0.15, -0.1) is 0 Å². The first-order valence-corrected chi connectivity index (χ1v) is 8.53. The van der Waals surface area contributed by atoms with Gasteiger partial charge in [-0.1, -0.05) is 25.3 Å². The van der Waals surface area contributed by atoms with Crippen LogP contribution in [0, 0.1) is 24.0 Å². The van der Waals surface area contributed by atoms with Gasteiger partial charge in [-0.25, -0.2) is 0 Å². The molecule has 1 heterocycles. The number of hydrogen-bond acceptors (Lipinski definition) is 3. The molecule has 0 radical (unpaired) electrons. The molecule has 0 saturated heterocycles. The minimum absolute atomic E-state index is 0.0670. The molecule has 5 nitrogen and oxygen atoms in total. The van der Waals surface area contributed by atoms with E-state index in [1.54, 1.807) is 12.1 Å². The molecule has 126 valence electrons. The minimum atomic E-state index is -0.395. The van der Waals surface area contributed by atoms with E-state index in [1.165, 1.54) is 55.6 Å². The summed E-state index contributed by atoms with van der Waals surface area (Å²) in [5.41, 5.74) is 4.25. The van der Waals surface area contributed by atoms with Crippen LogP contribution >= 0.6 is 0 Å². The first-order chi connectivity index (χ1) is 11.6. The summed E-state index contributed by atoms with van der Waals surface area (Å²) in [6.45, 7) is 4.28. The Balaban J connectivity index is 1.85. The van der Waals surface area contributed by atoms with E-state index < -0.39 is 4.92 Å². The van der Waals surface area contributed by atoms with Gasteiger partial charge in [0.15, 0.2) is 0 Å². The second kappa shape index (κ2) is 6.99. The van der Waals surface area contributed by atoms with Crippen molar-refractivity contribution in [2.45, 2.75) is 52.0 Å². The average Bonchev–Trinajstić information content (AvgIpc) is 2.88. The molecule has 24 heavy (non-hydrogen) atoms. The summed E-state index contributed by atoms with van der Waals surface area (Å²) in [7, 11) is 0. The summed E-state index contributed by atoms with van der Waals surface area (Å²) in [4.78, 5) is 14.9. The largest absolute Gasteiger partial charge is 0.345 e. The fraction of sp³-hybridized carbons (Fsp3) is 0.421. The molecule has 1 aliphatic carbocycles. The van der Waals surface area contributed by atoms with E-state index in [0.717, 1.165) is 5.56 Å². The zero-order valence-electron chi connectivity index (χ0n) is 14.2. The van der Waals surface area contributed by atoms with Gasteiger partial charge in [-0.2, -0.15) is 0 Å². The van der Waals surface area contributed by atoms with Gasteiger partial charge in [0.2, 0.25) is 0 Å². The normalized spacial score (nSPS) is 15.9. The Morgan fingerprint density at radius 1 is 1.21 bits per heavy atom. The van der Waals surface area contributed by atoms with Crippen LogP contribution in [0.3, 0.4) is 0 Å².